The van der Waals surface area contributed by atoms with Crippen molar-refractivity contribution in [1.29, 1.82) is 0 Å². The van der Waals surface area contributed by atoms with Gasteiger partial charge in [0.05, 0.1) is 7.11 Å². The summed E-state index contributed by atoms with van der Waals surface area (Å²) in [7, 11) is -2.05. The number of thioether (sulfide) groups is 1. The largest absolute Gasteiger partial charge is 0.495 e. The van der Waals surface area contributed by atoms with Gasteiger partial charge in [0.2, 0.25) is 10.0 Å². The minimum absolute atomic E-state index is 0.0239. The fraction of sp³-hybridized carbons (Fsp3) is 0.684. The summed E-state index contributed by atoms with van der Waals surface area (Å²) in [6, 6.07) is 5.41. The van der Waals surface area contributed by atoms with Crippen molar-refractivity contribution >= 4 is 21.8 Å². The van der Waals surface area contributed by atoms with Crippen LogP contribution in [0.3, 0.4) is 0 Å². The monoisotopic (exact) mass is 398 g/mol. The summed E-state index contributed by atoms with van der Waals surface area (Å²) in [5.74, 6) is 2.32. The zero-order valence-corrected chi connectivity index (χ0v) is 17.4. The van der Waals surface area contributed by atoms with Gasteiger partial charge in [-0.15, -0.1) is 0 Å². The molecule has 2 saturated heterocycles. The van der Waals surface area contributed by atoms with Crippen LogP contribution in [-0.2, 0) is 10.0 Å². The van der Waals surface area contributed by atoms with Crippen LogP contribution < -0.4 is 4.74 Å². The van der Waals surface area contributed by atoms with Gasteiger partial charge in [-0.2, -0.15) is 16.1 Å². The van der Waals surface area contributed by atoms with Crippen LogP contribution in [0.4, 0.5) is 0 Å². The van der Waals surface area contributed by atoms with E-state index in [1.165, 1.54) is 26.4 Å². The Labute approximate surface area is 162 Å². The third-order valence-electron chi connectivity index (χ3n) is 5.21. The lowest BCUT2D eigenvalue weighted by atomic mass is 10.1. The van der Waals surface area contributed by atoms with Crippen molar-refractivity contribution in [3.63, 3.8) is 0 Å². The topological polar surface area (TPSA) is 49.9 Å². The molecule has 0 amide bonds. The normalized spacial score (nSPS) is 23.5. The molecule has 7 heteroatoms. The van der Waals surface area contributed by atoms with Crippen LogP contribution in [0.2, 0.25) is 0 Å². The van der Waals surface area contributed by atoms with Gasteiger partial charge in [-0.05, 0) is 62.7 Å². The van der Waals surface area contributed by atoms with Gasteiger partial charge in [0, 0.05) is 24.9 Å². The lowest BCUT2D eigenvalue weighted by molar-refractivity contribution is 0.183. The Morgan fingerprint density at radius 2 is 1.92 bits per heavy atom. The number of piperidine rings is 1. The average Bonchev–Trinajstić information content (AvgIpc) is 2.88. The maximum Gasteiger partial charge on any atom is 0.247 e. The Morgan fingerprint density at radius 1 is 1.15 bits per heavy atom. The molecule has 0 spiro atoms. The number of benzene rings is 1. The number of nitrogens with zero attached hydrogens (tertiary/aromatic N) is 2. The van der Waals surface area contributed by atoms with Crippen LogP contribution in [0.25, 0.3) is 0 Å². The first-order valence-electron chi connectivity index (χ1n) is 9.49. The molecule has 26 heavy (non-hydrogen) atoms. The van der Waals surface area contributed by atoms with Crippen molar-refractivity contribution in [2.45, 2.75) is 43.5 Å². The number of hydrogen-bond acceptors (Lipinski definition) is 5. The summed E-state index contributed by atoms with van der Waals surface area (Å²) in [6.45, 7) is 5.51. The van der Waals surface area contributed by atoms with Crippen molar-refractivity contribution in [1.82, 2.24) is 9.21 Å². The second kappa shape index (κ2) is 8.95. The van der Waals surface area contributed by atoms with Crippen molar-refractivity contribution in [2.75, 3.05) is 44.8 Å². The van der Waals surface area contributed by atoms with Gasteiger partial charge < -0.3 is 9.64 Å². The Morgan fingerprint density at radius 3 is 2.65 bits per heavy atom. The minimum atomic E-state index is -3.58. The first-order valence-corrected chi connectivity index (χ1v) is 12.1. The van der Waals surface area contributed by atoms with Crippen LogP contribution in [0.1, 0.15) is 31.2 Å². The van der Waals surface area contributed by atoms with E-state index in [4.69, 9.17) is 4.74 Å². The molecule has 0 N–H and O–H groups in total. The molecule has 0 radical (unpaired) electrons. The van der Waals surface area contributed by atoms with Crippen molar-refractivity contribution in [3.05, 3.63) is 23.8 Å². The number of sulfonamides is 1. The van der Waals surface area contributed by atoms with E-state index in [1.54, 1.807) is 16.4 Å². The van der Waals surface area contributed by atoms with Gasteiger partial charge in [-0.1, -0.05) is 12.5 Å². The maximum absolute atomic E-state index is 13.5. The van der Waals surface area contributed by atoms with Crippen molar-refractivity contribution < 1.29 is 13.2 Å². The van der Waals surface area contributed by atoms with Crippen molar-refractivity contribution in [3.8, 4) is 5.75 Å². The fourth-order valence-corrected chi connectivity index (χ4v) is 6.87. The maximum atomic E-state index is 13.5. The minimum Gasteiger partial charge on any atom is -0.495 e. The molecule has 2 fully saturated rings. The van der Waals surface area contributed by atoms with Gasteiger partial charge in [-0.3, -0.25) is 0 Å². The van der Waals surface area contributed by atoms with E-state index in [9.17, 15) is 8.42 Å². The molecule has 2 heterocycles. The standard InChI is InChI=1S/C19H30N2O3S2/c1-16-7-8-18(24-2)19(13-16)26(22,23)21-11-6-12-25-15-17(21)14-20-9-4-3-5-10-20/h7-8,13,17H,3-6,9-12,14-15H2,1-2H3. The number of aryl methyl sites for hydroxylation is 1. The Bertz CT molecular complexity index is 703. The zero-order chi connectivity index (χ0) is 18.6. The van der Waals surface area contributed by atoms with E-state index in [-0.39, 0.29) is 6.04 Å². The Balaban J connectivity index is 1.90. The molecule has 5 nitrogen and oxygen atoms in total. The summed E-state index contributed by atoms with van der Waals surface area (Å²) in [5, 5.41) is 0. The fourth-order valence-electron chi connectivity index (χ4n) is 3.82. The molecule has 1 aromatic rings. The molecule has 1 unspecified atom stereocenters. The zero-order valence-electron chi connectivity index (χ0n) is 15.8. The summed E-state index contributed by atoms with van der Waals surface area (Å²) >= 11 is 1.88. The molecule has 1 atom stereocenters. The van der Waals surface area contributed by atoms with Gasteiger partial charge in [0.1, 0.15) is 10.6 Å². The Hall–Kier alpha value is -0.760. The number of methoxy groups -OCH3 is 1. The van der Waals surface area contributed by atoms with Crippen LogP contribution >= 0.6 is 11.8 Å². The number of rotatable bonds is 5. The average molecular weight is 399 g/mol. The van der Waals surface area contributed by atoms with Gasteiger partial charge in [0.25, 0.3) is 0 Å². The molecule has 3 rings (SSSR count). The summed E-state index contributed by atoms with van der Waals surface area (Å²) in [4.78, 5) is 2.74. The molecule has 0 aromatic heterocycles. The number of ether oxygens (including phenoxy) is 1. The highest BCUT2D eigenvalue weighted by molar-refractivity contribution is 7.99. The third-order valence-corrected chi connectivity index (χ3v) is 8.38. The molecular weight excluding hydrogens is 368 g/mol. The molecule has 2 aliphatic rings. The highest BCUT2D eigenvalue weighted by Gasteiger charge is 2.35. The summed E-state index contributed by atoms with van der Waals surface area (Å²) in [6.07, 6.45) is 4.63. The number of likely N-dealkylation sites (tertiary alicyclic amines) is 1. The summed E-state index contributed by atoms with van der Waals surface area (Å²) < 4.78 is 34.2. The molecule has 2 aliphatic heterocycles. The van der Waals surface area contributed by atoms with E-state index < -0.39 is 10.0 Å². The van der Waals surface area contributed by atoms with Gasteiger partial charge >= 0.3 is 0 Å². The summed E-state index contributed by atoms with van der Waals surface area (Å²) in [5.41, 5.74) is 0.932. The van der Waals surface area contributed by atoms with Crippen LogP contribution in [0.5, 0.6) is 5.75 Å². The van der Waals surface area contributed by atoms with E-state index in [2.05, 4.69) is 4.90 Å². The predicted molar refractivity (Wildman–Crippen MR) is 108 cm³/mol. The Kier molecular flexibility index (Phi) is 6.88. The molecule has 0 bridgehead atoms. The molecule has 1 aromatic carbocycles. The van der Waals surface area contributed by atoms with E-state index in [1.807, 2.05) is 24.8 Å². The van der Waals surface area contributed by atoms with Gasteiger partial charge in [-0.25, -0.2) is 8.42 Å². The SMILES string of the molecule is COc1ccc(C)cc1S(=O)(=O)N1CCCSCC1CN1CCCCC1. The first kappa shape index (κ1) is 20.0. The molecule has 146 valence electrons. The second-order valence-electron chi connectivity index (χ2n) is 7.21. The second-order valence-corrected chi connectivity index (χ2v) is 10.2. The predicted octanol–water partition coefficient (Wildman–Crippen LogP) is 2.99. The van der Waals surface area contributed by atoms with E-state index in [0.717, 1.165) is 43.1 Å². The highest BCUT2D eigenvalue weighted by atomic mass is 32.2. The van der Waals surface area contributed by atoms with E-state index in [0.29, 0.717) is 17.2 Å². The van der Waals surface area contributed by atoms with Gasteiger partial charge in [0.15, 0.2) is 0 Å². The van der Waals surface area contributed by atoms with Crippen LogP contribution in [0, 0.1) is 6.92 Å². The highest BCUT2D eigenvalue weighted by Crippen LogP contribution is 2.31. The quantitative estimate of drug-likeness (QED) is 0.763. The van der Waals surface area contributed by atoms with Crippen molar-refractivity contribution in [2.24, 2.45) is 0 Å². The number of hydrogen-bond donors (Lipinski definition) is 0. The van der Waals surface area contributed by atoms with Crippen LogP contribution in [0.15, 0.2) is 23.1 Å². The molecular formula is C19H30N2O3S2. The first-order chi connectivity index (χ1) is 12.5. The van der Waals surface area contributed by atoms with Crippen LogP contribution in [-0.4, -0.2) is 68.5 Å². The third kappa shape index (κ3) is 4.55. The smallest absolute Gasteiger partial charge is 0.247 e. The lowest BCUT2D eigenvalue weighted by Crippen LogP contribution is -2.49. The van der Waals surface area contributed by atoms with E-state index >= 15 is 0 Å². The molecule has 0 aliphatic carbocycles. The lowest BCUT2D eigenvalue weighted by Gasteiger charge is -2.35. The molecule has 0 saturated carbocycles.